The lowest BCUT2D eigenvalue weighted by Crippen LogP contribution is -2.47. The second-order valence-electron chi connectivity index (χ2n) is 6.79. The Morgan fingerprint density at radius 1 is 1.17 bits per heavy atom. The van der Waals surface area contributed by atoms with Crippen molar-refractivity contribution < 1.29 is 4.79 Å². The van der Waals surface area contributed by atoms with Gasteiger partial charge in [0.15, 0.2) is 0 Å². The molecule has 1 spiro atoms. The number of rotatable bonds is 2. The van der Waals surface area contributed by atoms with E-state index < -0.39 is 0 Å². The Bertz CT molecular complexity index is 780. The van der Waals surface area contributed by atoms with Crippen molar-refractivity contribution in [2.45, 2.75) is 24.8 Å². The van der Waals surface area contributed by atoms with E-state index in [4.69, 9.17) is 5.73 Å². The molecule has 0 atom stereocenters. The summed E-state index contributed by atoms with van der Waals surface area (Å²) in [6, 6.07) is 12.1. The van der Waals surface area contributed by atoms with Gasteiger partial charge >= 0.3 is 0 Å². The van der Waals surface area contributed by atoms with Crippen molar-refractivity contribution in [3.05, 3.63) is 53.7 Å². The normalized spacial score (nSPS) is 19.7. The highest BCUT2D eigenvalue weighted by molar-refractivity contribution is 6.07. The SMILES string of the molecule is CN1C(=O)C2(CCN(Cc3cccnc3N)CC2)c2ccccc21. The van der Waals surface area contributed by atoms with Crippen molar-refractivity contribution in [3.63, 3.8) is 0 Å². The second-order valence-corrected chi connectivity index (χ2v) is 6.79. The third-order valence-electron chi connectivity index (χ3n) is 5.52. The van der Waals surface area contributed by atoms with Crippen molar-refractivity contribution in [2.75, 3.05) is 30.8 Å². The third-order valence-corrected chi connectivity index (χ3v) is 5.52. The molecular formula is C19H22N4O. The van der Waals surface area contributed by atoms with E-state index in [0.717, 1.165) is 43.7 Å². The van der Waals surface area contributed by atoms with Crippen LogP contribution in [0.2, 0.25) is 0 Å². The lowest BCUT2D eigenvalue weighted by molar-refractivity contribution is -0.124. The number of likely N-dealkylation sites (N-methyl/N-ethyl adjacent to an activating group) is 1. The van der Waals surface area contributed by atoms with E-state index >= 15 is 0 Å². The van der Waals surface area contributed by atoms with Gasteiger partial charge in [-0.3, -0.25) is 9.69 Å². The van der Waals surface area contributed by atoms with Gasteiger partial charge in [-0.1, -0.05) is 24.3 Å². The highest BCUT2D eigenvalue weighted by Gasteiger charge is 2.50. The van der Waals surface area contributed by atoms with Gasteiger partial charge in [-0.15, -0.1) is 0 Å². The Morgan fingerprint density at radius 3 is 2.67 bits per heavy atom. The fourth-order valence-electron chi connectivity index (χ4n) is 4.12. The number of aromatic nitrogens is 1. The maximum atomic E-state index is 12.9. The molecule has 2 aromatic rings. The zero-order valence-corrected chi connectivity index (χ0v) is 13.9. The molecule has 1 fully saturated rings. The number of hydrogen-bond donors (Lipinski definition) is 1. The van der Waals surface area contributed by atoms with Crippen LogP contribution >= 0.6 is 0 Å². The van der Waals surface area contributed by atoms with E-state index in [0.29, 0.717) is 5.82 Å². The number of fused-ring (bicyclic) bond motifs is 2. The van der Waals surface area contributed by atoms with Crippen LogP contribution in [-0.2, 0) is 16.8 Å². The number of nitrogen functional groups attached to an aromatic ring is 1. The number of nitrogens with zero attached hydrogens (tertiary/aromatic N) is 3. The van der Waals surface area contributed by atoms with Crippen LogP contribution in [0.15, 0.2) is 42.6 Å². The first kappa shape index (κ1) is 15.1. The number of para-hydroxylation sites is 1. The van der Waals surface area contributed by atoms with Crippen LogP contribution < -0.4 is 10.6 Å². The van der Waals surface area contributed by atoms with Crippen molar-refractivity contribution in [1.29, 1.82) is 0 Å². The molecule has 0 bridgehead atoms. The summed E-state index contributed by atoms with van der Waals surface area (Å²) in [4.78, 5) is 21.3. The summed E-state index contributed by atoms with van der Waals surface area (Å²) in [7, 11) is 1.89. The Morgan fingerprint density at radius 2 is 1.92 bits per heavy atom. The van der Waals surface area contributed by atoms with Crippen LogP contribution in [-0.4, -0.2) is 35.9 Å². The molecule has 5 nitrogen and oxygen atoms in total. The van der Waals surface area contributed by atoms with Gasteiger partial charge in [-0.2, -0.15) is 0 Å². The molecule has 1 amide bonds. The van der Waals surface area contributed by atoms with E-state index in [9.17, 15) is 4.79 Å². The zero-order chi connectivity index (χ0) is 16.7. The number of piperidine rings is 1. The minimum Gasteiger partial charge on any atom is -0.383 e. The minimum absolute atomic E-state index is 0.240. The molecule has 1 saturated heterocycles. The molecule has 1 aromatic heterocycles. The second kappa shape index (κ2) is 5.60. The van der Waals surface area contributed by atoms with Gasteiger partial charge in [0.05, 0.1) is 5.41 Å². The summed E-state index contributed by atoms with van der Waals surface area (Å²) in [6.45, 7) is 2.58. The summed E-state index contributed by atoms with van der Waals surface area (Å²) in [5.74, 6) is 0.837. The fourth-order valence-corrected chi connectivity index (χ4v) is 4.12. The Hall–Kier alpha value is -2.40. The molecule has 4 rings (SSSR count). The zero-order valence-electron chi connectivity index (χ0n) is 13.9. The van der Waals surface area contributed by atoms with Gasteiger partial charge < -0.3 is 10.6 Å². The van der Waals surface area contributed by atoms with Gasteiger partial charge in [-0.25, -0.2) is 4.98 Å². The van der Waals surface area contributed by atoms with Crippen molar-refractivity contribution in [2.24, 2.45) is 0 Å². The minimum atomic E-state index is -0.345. The Kier molecular flexibility index (Phi) is 3.53. The molecule has 2 N–H and O–H groups in total. The number of anilines is 2. The number of amides is 1. The standard InChI is InChI=1S/C19H22N4O/c1-22-16-7-3-2-6-15(16)19(18(22)24)8-11-23(12-9-19)13-14-5-4-10-21-17(14)20/h2-7,10H,8-9,11-13H2,1H3,(H2,20,21). The lowest BCUT2D eigenvalue weighted by Gasteiger charge is -2.38. The summed E-state index contributed by atoms with van der Waals surface area (Å²) >= 11 is 0. The van der Waals surface area contributed by atoms with Gasteiger partial charge in [0.1, 0.15) is 5.82 Å². The molecule has 0 aliphatic carbocycles. The van der Waals surface area contributed by atoms with Gasteiger partial charge in [0.25, 0.3) is 0 Å². The van der Waals surface area contributed by atoms with Crippen molar-refractivity contribution >= 4 is 17.4 Å². The molecule has 0 unspecified atom stereocenters. The van der Waals surface area contributed by atoms with Gasteiger partial charge in [-0.05, 0) is 43.6 Å². The van der Waals surface area contributed by atoms with E-state index in [2.05, 4.69) is 16.0 Å². The van der Waals surface area contributed by atoms with E-state index in [1.54, 1.807) is 6.20 Å². The van der Waals surface area contributed by atoms with Gasteiger partial charge in [0.2, 0.25) is 5.91 Å². The number of pyridine rings is 1. The molecule has 2 aliphatic heterocycles. The Labute approximate surface area is 142 Å². The van der Waals surface area contributed by atoms with Crippen LogP contribution in [0, 0.1) is 0 Å². The highest BCUT2D eigenvalue weighted by atomic mass is 16.2. The molecule has 0 radical (unpaired) electrons. The van der Waals surface area contributed by atoms with E-state index in [-0.39, 0.29) is 11.3 Å². The number of nitrogens with two attached hydrogens (primary N) is 1. The first-order chi connectivity index (χ1) is 11.6. The van der Waals surface area contributed by atoms with E-state index in [1.807, 2.05) is 42.3 Å². The molecule has 3 heterocycles. The van der Waals surface area contributed by atoms with Crippen LogP contribution in [0.1, 0.15) is 24.0 Å². The molecule has 1 aromatic carbocycles. The van der Waals surface area contributed by atoms with Crippen molar-refractivity contribution in [1.82, 2.24) is 9.88 Å². The lowest BCUT2D eigenvalue weighted by atomic mass is 9.73. The number of carbonyl (C=O) groups is 1. The predicted molar refractivity (Wildman–Crippen MR) is 94.7 cm³/mol. The monoisotopic (exact) mass is 322 g/mol. The largest absolute Gasteiger partial charge is 0.383 e. The average Bonchev–Trinajstić information content (AvgIpc) is 2.82. The summed E-state index contributed by atoms with van der Waals surface area (Å²) in [6.07, 6.45) is 3.43. The molecule has 124 valence electrons. The van der Waals surface area contributed by atoms with Crippen LogP contribution in [0.3, 0.4) is 0 Å². The average molecular weight is 322 g/mol. The van der Waals surface area contributed by atoms with Crippen molar-refractivity contribution in [3.8, 4) is 0 Å². The van der Waals surface area contributed by atoms with Crippen LogP contribution in [0.5, 0.6) is 0 Å². The maximum Gasteiger partial charge on any atom is 0.237 e. The summed E-state index contributed by atoms with van der Waals surface area (Å²) in [5.41, 5.74) is 8.93. The molecule has 0 saturated carbocycles. The van der Waals surface area contributed by atoms with Crippen LogP contribution in [0.4, 0.5) is 11.5 Å². The topological polar surface area (TPSA) is 62.5 Å². The molecule has 2 aliphatic rings. The predicted octanol–water partition coefficient (Wildman–Crippen LogP) is 2.17. The summed E-state index contributed by atoms with van der Waals surface area (Å²) < 4.78 is 0. The fraction of sp³-hybridized carbons (Fsp3) is 0.368. The number of carbonyl (C=O) groups excluding carboxylic acids is 1. The highest BCUT2D eigenvalue weighted by Crippen LogP contribution is 2.47. The Balaban J connectivity index is 1.54. The van der Waals surface area contributed by atoms with Crippen LogP contribution in [0.25, 0.3) is 0 Å². The first-order valence-corrected chi connectivity index (χ1v) is 8.41. The van der Waals surface area contributed by atoms with Gasteiger partial charge in [0, 0.05) is 31.0 Å². The molecular weight excluding hydrogens is 300 g/mol. The molecule has 24 heavy (non-hydrogen) atoms. The number of benzene rings is 1. The number of hydrogen-bond acceptors (Lipinski definition) is 4. The number of likely N-dealkylation sites (tertiary alicyclic amines) is 1. The quantitative estimate of drug-likeness (QED) is 0.920. The summed E-state index contributed by atoms with van der Waals surface area (Å²) in [5, 5.41) is 0. The molecule has 5 heteroatoms. The third kappa shape index (κ3) is 2.19. The maximum absolute atomic E-state index is 12.9. The van der Waals surface area contributed by atoms with E-state index in [1.165, 1.54) is 5.56 Å². The smallest absolute Gasteiger partial charge is 0.237 e. The first-order valence-electron chi connectivity index (χ1n) is 8.41.